The third kappa shape index (κ3) is 4.49. The second-order valence-corrected chi connectivity index (χ2v) is 8.53. The number of aryl methyl sites for hydroxylation is 1. The molecule has 160 valence electrons. The summed E-state index contributed by atoms with van der Waals surface area (Å²) in [5.41, 5.74) is 6.41. The van der Waals surface area contributed by atoms with Crippen LogP contribution in [0.15, 0.2) is 66.7 Å². The Bertz CT molecular complexity index is 1060. The zero-order valence-electron chi connectivity index (χ0n) is 18.7. The third-order valence-corrected chi connectivity index (χ3v) is 6.41. The number of nitrogens with one attached hydrogen (secondary N) is 1. The van der Waals surface area contributed by atoms with Crippen LogP contribution >= 0.6 is 0 Å². The van der Waals surface area contributed by atoms with Crippen molar-refractivity contribution in [2.24, 2.45) is 0 Å². The molecule has 2 unspecified atom stereocenters. The molecule has 31 heavy (non-hydrogen) atoms. The molecule has 4 heteroatoms. The summed E-state index contributed by atoms with van der Waals surface area (Å²) < 4.78 is 5.21. The predicted octanol–water partition coefficient (Wildman–Crippen LogP) is 5.59. The molecule has 3 aromatic rings. The lowest BCUT2D eigenvalue weighted by Gasteiger charge is -2.36. The van der Waals surface area contributed by atoms with Gasteiger partial charge in [-0.25, -0.2) is 0 Å². The van der Waals surface area contributed by atoms with Crippen molar-refractivity contribution in [3.05, 3.63) is 83.4 Å². The van der Waals surface area contributed by atoms with Gasteiger partial charge in [-0.3, -0.25) is 4.79 Å². The van der Waals surface area contributed by atoms with Crippen molar-refractivity contribution < 1.29 is 9.53 Å². The van der Waals surface area contributed by atoms with Gasteiger partial charge in [-0.15, -0.1) is 0 Å². The molecule has 1 aliphatic carbocycles. The van der Waals surface area contributed by atoms with E-state index in [9.17, 15) is 4.79 Å². The van der Waals surface area contributed by atoms with Crippen molar-refractivity contribution in [1.29, 1.82) is 0 Å². The van der Waals surface area contributed by atoms with E-state index in [-0.39, 0.29) is 5.91 Å². The van der Waals surface area contributed by atoms with Crippen LogP contribution < -0.4 is 10.1 Å². The molecule has 0 spiro atoms. The Morgan fingerprint density at radius 2 is 1.61 bits per heavy atom. The number of likely N-dealkylation sites (N-methyl/N-ethyl adjacent to an activating group) is 1. The second kappa shape index (κ2) is 8.94. The Labute approximate surface area is 184 Å². The molecule has 2 atom stereocenters. The van der Waals surface area contributed by atoms with Crippen molar-refractivity contribution in [2.75, 3.05) is 26.5 Å². The monoisotopic (exact) mass is 414 g/mol. The van der Waals surface area contributed by atoms with E-state index in [0.717, 1.165) is 35.4 Å². The van der Waals surface area contributed by atoms with Gasteiger partial charge in [0.1, 0.15) is 5.75 Å². The first-order valence-electron chi connectivity index (χ1n) is 10.8. The van der Waals surface area contributed by atoms with Gasteiger partial charge in [0.2, 0.25) is 0 Å². The summed E-state index contributed by atoms with van der Waals surface area (Å²) in [6, 6.07) is 22.5. The molecule has 0 aliphatic heterocycles. The minimum Gasteiger partial charge on any atom is -0.497 e. The zero-order valence-corrected chi connectivity index (χ0v) is 18.7. The molecule has 0 aromatic heterocycles. The highest BCUT2D eigenvalue weighted by atomic mass is 16.5. The summed E-state index contributed by atoms with van der Waals surface area (Å²) in [6.45, 7) is 2.30. The van der Waals surface area contributed by atoms with Gasteiger partial charge in [-0.1, -0.05) is 37.3 Å². The number of ether oxygens (including phenoxy) is 1. The number of nitrogens with zero attached hydrogens (tertiary/aromatic N) is 1. The van der Waals surface area contributed by atoms with E-state index in [1.807, 2.05) is 54.6 Å². The lowest BCUT2D eigenvalue weighted by Crippen LogP contribution is -2.36. The van der Waals surface area contributed by atoms with E-state index in [1.54, 1.807) is 7.11 Å². The number of fused-ring (bicyclic) bond motifs is 1. The van der Waals surface area contributed by atoms with Crippen LogP contribution in [0.3, 0.4) is 0 Å². The van der Waals surface area contributed by atoms with Crippen LogP contribution in [0.25, 0.3) is 11.1 Å². The SMILES string of the molecule is COc1ccc(-c2ccc(C(=O)Nc3ccc4c(c3)CCC(N(C)C)C4C)cc2)cc1. The van der Waals surface area contributed by atoms with E-state index in [0.29, 0.717) is 17.5 Å². The van der Waals surface area contributed by atoms with E-state index < -0.39 is 0 Å². The molecular weight excluding hydrogens is 384 g/mol. The van der Waals surface area contributed by atoms with Crippen LogP contribution in [-0.4, -0.2) is 38.1 Å². The molecule has 0 bridgehead atoms. The Kier molecular flexibility index (Phi) is 6.10. The van der Waals surface area contributed by atoms with Crippen molar-refractivity contribution in [2.45, 2.75) is 31.7 Å². The number of carbonyl (C=O) groups is 1. The molecule has 1 N–H and O–H groups in total. The molecule has 0 saturated heterocycles. The minimum atomic E-state index is -0.0868. The highest BCUT2D eigenvalue weighted by Gasteiger charge is 2.27. The lowest BCUT2D eigenvalue weighted by atomic mass is 9.79. The summed E-state index contributed by atoms with van der Waals surface area (Å²) in [4.78, 5) is 15.1. The van der Waals surface area contributed by atoms with Gasteiger partial charge in [0, 0.05) is 17.3 Å². The Morgan fingerprint density at radius 3 is 2.23 bits per heavy atom. The summed E-state index contributed by atoms with van der Waals surface area (Å²) in [6.07, 6.45) is 2.19. The van der Waals surface area contributed by atoms with Gasteiger partial charge in [-0.2, -0.15) is 0 Å². The van der Waals surface area contributed by atoms with Crippen molar-refractivity contribution in [1.82, 2.24) is 4.90 Å². The molecule has 0 heterocycles. The van der Waals surface area contributed by atoms with Gasteiger partial charge in [0.05, 0.1) is 7.11 Å². The Hall–Kier alpha value is -3.11. The largest absolute Gasteiger partial charge is 0.497 e. The van der Waals surface area contributed by atoms with Crippen LogP contribution in [0.5, 0.6) is 5.75 Å². The average Bonchev–Trinajstić information content (AvgIpc) is 2.79. The number of methoxy groups -OCH3 is 1. The Morgan fingerprint density at radius 1 is 0.968 bits per heavy atom. The maximum absolute atomic E-state index is 12.8. The first-order chi connectivity index (χ1) is 15.0. The number of anilines is 1. The molecule has 1 amide bonds. The first-order valence-corrected chi connectivity index (χ1v) is 10.8. The van der Waals surface area contributed by atoms with E-state index >= 15 is 0 Å². The molecule has 0 fully saturated rings. The van der Waals surface area contributed by atoms with Gasteiger partial charge in [-0.05, 0) is 91.5 Å². The normalized spacial score (nSPS) is 17.8. The van der Waals surface area contributed by atoms with Crippen molar-refractivity contribution in [3.8, 4) is 16.9 Å². The standard InChI is InChI=1S/C27H30N2O2/c1-18-25-15-12-23(17-22(25)11-16-26(18)29(2)3)28-27(30)21-7-5-19(6-8-21)20-9-13-24(31-4)14-10-20/h5-10,12-15,17-18,26H,11,16H2,1-4H3,(H,28,30). The fourth-order valence-electron chi connectivity index (χ4n) is 4.61. The number of carbonyl (C=O) groups excluding carboxylic acids is 1. The molecule has 3 aromatic carbocycles. The van der Waals surface area contributed by atoms with E-state index in [1.165, 1.54) is 11.1 Å². The number of benzene rings is 3. The highest BCUT2D eigenvalue weighted by molar-refractivity contribution is 6.04. The molecular formula is C27H30N2O2. The fraction of sp³-hybridized carbons (Fsp3) is 0.296. The van der Waals surface area contributed by atoms with Crippen LogP contribution in [0.1, 0.15) is 40.7 Å². The molecule has 0 radical (unpaired) electrons. The van der Waals surface area contributed by atoms with Crippen LogP contribution in [0.4, 0.5) is 5.69 Å². The van der Waals surface area contributed by atoms with Gasteiger partial charge in [0.15, 0.2) is 0 Å². The fourth-order valence-corrected chi connectivity index (χ4v) is 4.61. The Balaban J connectivity index is 1.46. The predicted molar refractivity (Wildman–Crippen MR) is 127 cm³/mol. The number of hydrogen-bond donors (Lipinski definition) is 1. The van der Waals surface area contributed by atoms with E-state index in [2.05, 4.69) is 43.4 Å². The number of amides is 1. The third-order valence-electron chi connectivity index (χ3n) is 6.41. The quantitative estimate of drug-likeness (QED) is 0.591. The summed E-state index contributed by atoms with van der Waals surface area (Å²) in [5, 5.41) is 3.07. The highest BCUT2D eigenvalue weighted by Crippen LogP contribution is 2.35. The minimum absolute atomic E-state index is 0.0868. The smallest absolute Gasteiger partial charge is 0.255 e. The zero-order chi connectivity index (χ0) is 22.0. The maximum atomic E-state index is 12.8. The summed E-state index contributed by atoms with van der Waals surface area (Å²) in [5.74, 6) is 1.24. The maximum Gasteiger partial charge on any atom is 0.255 e. The summed E-state index contributed by atoms with van der Waals surface area (Å²) >= 11 is 0. The van der Waals surface area contributed by atoms with Crippen LogP contribution in [0, 0.1) is 0 Å². The topological polar surface area (TPSA) is 41.6 Å². The van der Waals surface area contributed by atoms with Gasteiger partial charge < -0.3 is 15.0 Å². The van der Waals surface area contributed by atoms with E-state index in [4.69, 9.17) is 4.74 Å². The molecule has 4 rings (SSSR count). The van der Waals surface area contributed by atoms with Crippen molar-refractivity contribution in [3.63, 3.8) is 0 Å². The second-order valence-electron chi connectivity index (χ2n) is 8.53. The number of rotatable bonds is 5. The number of hydrogen-bond acceptors (Lipinski definition) is 3. The van der Waals surface area contributed by atoms with Gasteiger partial charge in [0.25, 0.3) is 5.91 Å². The summed E-state index contributed by atoms with van der Waals surface area (Å²) in [7, 11) is 5.97. The molecule has 1 aliphatic rings. The van der Waals surface area contributed by atoms with Crippen molar-refractivity contribution >= 4 is 11.6 Å². The van der Waals surface area contributed by atoms with Gasteiger partial charge >= 0.3 is 0 Å². The molecule has 0 saturated carbocycles. The first kappa shape index (κ1) is 21.1. The average molecular weight is 415 g/mol. The molecule has 4 nitrogen and oxygen atoms in total. The van der Waals surface area contributed by atoms with Crippen LogP contribution in [0.2, 0.25) is 0 Å². The lowest BCUT2D eigenvalue weighted by molar-refractivity contribution is 0.102. The van der Waals surface area contributed by atoms with Crippen LogP contribution in [-0.2, 0) is 6.42 Å².